The Morgan fingerprint density at radius 2 is 2.09 bits per heavy atom. The highest BCUT2D eigenvalue weighted by molar-refractivity contribution is 7.89. The molecule has 3 heterocycles. The summed E-state index contributed by atoms with van der Waals surface area (Å²) in [6.45, 7) is 6.71. The number of fused-ring (bicyclic) bond motifs is 1. The Morgan fingerprint density at radius 3 is 2.73 bits per heavy atom. The number of amidine groups is 1. The van der Waals surface area contributed by atoms with Crippen LogP contribution in [0.2, 0.25) is 0 Å². The highest BCUT2D eigenvalue weighted by Gasteiger charge is 2.35. The molecule has 1 unspecified atom stereocenters. The van der Waals surface area contributed by atoms with Crippen LogP contribution in [0.3, 0.4) is 0 Å². The van der Waals surface area contributed by atoms with Crippen molar-refractivity contribution in [2.75, 3.05) is 6.54 Å². The van der Waals surface area contributed by atoms with Crippen molar-refractivity contribution in [3.8, 4) is 0 Å². The summed E-state index contributed by atoms with van der Waals surface area (Å²) in [4.78, 5) is 6.70. The van der Waals surface area contributed by atoms with E-state index in [4.69, 9.17) is 0 Å². The van der Waals surface area contributed by atoms with Gasteiger partial charge < -0.3 is 4.90 Å². The van der Waals surface area contributed by atoms with Gasteiger partial charge in [-0.15, -0.1) is 0 Å². The molecule has 0 radical (unpaired) electrons. The van der Waals surface area contributed by atoms with Crippen LogP contribution in [0.15, 0.2) is 33.6 Å². The second kappa shape index (κ2) is 5.20. The number of aliphatic imine (C=N–C) groups is 1. The van der Waals surface area contributed by atoms with E-state index in [0.717, 1.165) is 5.84 Å². The van der Waals surface area contributed by atoms with E-state index in [0.29, 0.717) is 13.0 Å². The Balaban J connectivity index is 1.80. The van der Waals surface area contributed by atoms with E-state index in [2.05, 4.69) is 33.6 Å². The molecule has 0 aromatic carbocycles. The Labute approximate surface area is 130 Å². The lowest BCUT2D eigenvalue weighted by atomic mass is 10.0. The molecule has 0 amide bonds. The van der Waals surface area contributed by atoms with Gasteiger partial charge in [-0.1, -0.05) is 0 Å². The number of nitrogens with one attached hydrogen (secondary N) is 1. The van der Waals surface area contributed by atoms with Crippen molar-refractivity contribution in [2.24, 2.45) is 12.0 Å². The smallest absolute Gasteiger partial charge is 0.260 e. The minimum absolute atomic E-state index is 0.0596. The number of hydrogen-bond acceptors (Lipinski definition) is 5. The molecule has 0 bridgehead atoms. The number of hydrogen-bond donors (Lipinski definition) is 1. The zero-order valence-corrected chi connectivity index (χ0v) is 14.1. The summed E-state index contributed by atoms with van der Waals surface area (Å²) in [7, 11) is -1.89. The molecule has 2 aliphatic rings. The van der Waals surface area contributed by atoms with Crippen molar-refractivity contribution in [3.05, 3.63) is 23.5 Å². The molecule has 1 saturated heterocycles. The molecule has 7 nitrogen and oxygen atoms in total. The molecule has 1 aromatic rings. The van der Waals surface area contributed by atoms with Crippen molar-refractivity contribution in [1.82, 2.24) is 19.4 Å². The average molecular weight is 323 g/mol. The molecule has 120 valence electrons. The summed E-state index contributed by atoms with van der Waals surface area (Å²) >= 11 is 0. The van der Waals surface area contributed by atoms with Crippen molar-refractivity contribution >= 4 is 15.9 Å². The van der Waals surface area contributed by atoms with Crippen LogP contribution < -0.4 is 4.72 Å². The minimum Gasteiger partial charge on any atom is -0.332 e. The predicted octanol–water partition coefficient (Wildman–Crippen LogP) is 0.867. The van der Waals surface area contributed by atoms with Gasteiger partial charge in [-0.3, -0.25) is 9.67 Å². The van der Waals surface area contributed by atoms with Crippen molar-refractivity contribution < 1.29 is 8.42 Å². The SMILES string of the molecule is CC1=N[C@@H](C)C(C)=C2CC(NS(=O)(=O)c3ccn(C)n3)CN12. The van der Waals surface area contributed by atoms with E-state index in [1.807, 2.05) is 6.92 Å². The maximum atomic E-state index is 12.4. The number of nitrogens with zero attached hydrogens (tertiary/aromatic N) is 4. The van der Waals surface area contributed by atoms with Crippen LogP contribution in [0.25, 0.3) is 0 Å². The second-order valence-corrected chi connectivity index (χ2v) is 7.60. The molecular weight excluding hydrogens is 302 g/mol. The lowest BCUT2D eigenvalue weighted by Gasteiger charge is -2.28. The van der Waals surface area contributed by atoms with Crippen LogP contribution in [0, 0.1) is 0 Å². The van der Waals surface area contributed by atoms with Crippen LogP contribution in [-0.2, 0) is 17.1 Å². The van der Waals surface area contributed by atoms with Crippen LogP contribution in [-0.4, -0.2) is 47.6 Å². The van der Waals surface area contributed by atoms with Gasteiger partial charge in [0.15, 0.2) is 5.03 Å². The van der Waals surface area contributed by atoms with Gasteiger partial charge in [-0.2, -0.15) is 5.10 Å². The summed E-state index contributed by atoms with van der Waals surface area (Å²) in [5.41, 5.74) is 2.40. The molecule has 3 rings (SSSR count). The first-order valence-corrected chi connectivity index (χ1v) is 8.80. The van der Waals surface area contributed by atoms with Crippen LogP contribution >= 0.6 is 0 Å². The molecule has 1 N–H and O–H groups in total. The molecule has 2 aliphatic heterocycles. The highest BCUT2D eigenvalue weighted by Crippen LogP contribution is 2.31. The summed E-state index contributed by atoms with van der Waals surface area (Å²) in [6, 6.07) is 1.51. The first kappa shape index (κ1) is 15.2. The zero-order valence-electron chi connectivity index (χ0n) is 13.2. The third kappa shape index (κ3) is 2.56. The van der Waals surface area contributed by atoms with E-state index < -0.39 is 10.0 Å². The Kier molecular flexibility index (Phi) is 3.60. The van der Waals surface area contributed by atoms with Gasteiger partial charge in [0.05, 0.1) is 6.04 Å². The van der Waals surface area contributed by atoms with Gasteiger partial charge in [0.1, 0.15) is 5.84 Å². The Morgan fingerprint density at radius 1 is 1.36 bits per heavy atom. The topological polar surface area (TPSA) is 79.6 Å². The fraction of sp³-hybridized carbons (Fsp3) is 0.571. The lowest BCUT2D eigenvalue weighted by Crippen LogP contribution is -2.38. The molecule has 0 saturated carbocycles. The average Bonchev–Trinajstić information content (AvgIpc) is 3.03. The first-order valence-electron chi connectivity index (χ1n) is 7.31. The van der Waals surface area contributed by atoms with Crippen LogP contribution in [0.1, 0.15) is 27.2 Å². The van der Waals surface area contributed by atoms with E-state index in [-0.39, 0.29) is 17.1 Å². The maximum absolute atomic E-state index is 12.4. The number of aryl methyl sites for hydroxylation is 1. The molecular formula is C14H21N5O2S. The van der Waals surface area contributed by atoms with Gasteiger partial charge in [0.25, 0.3) is 10.0 Å². The predicted molar refractivity (Wildman–Crippen MR) is 83.9 cm³/mol. The summed E-state index contributed by atoms with van der Waals surface area (Å²) < 4.78 is 29.0. The maximum Gasteiger partial charge on any atom is 0.260 e. The summed E-state index contributed by atoms with van der Waals surface area (Å²) in [6.07, 6.45) is 2.31. The molecule has 2 atom stereocenters. The standard InChI is InChI=1S/C14H21N5O2S/c1-9-10(2)15-11(3)19-8-12(7-13(9)19)17-22(20,21)14-5-6-18(4)16-14/h5-6,10,12,17H,7-8H2,1-4H3/t10-,12?/m0/s1. The van der Waals surface area contributed by atoms with Gasteiger partial charge in [0.2, 0.25) is 0 Å². The summed E-state index contributed by atoms with van der Waals surface area (Å²) in [5, 5.41) is 4.03. The molecule has 8 heteroatoms. The molecule has 22 heavy (non-hydrogen) atoms. The fourth-order valence-corrected chi connectivity index (χ4v) is 4.22. The van der Waals surface area contributed by atoms with Gasteiger partial charge in [0, 0.05) is 37.9 Å². The second-order valence-electron chi connectivity index (χ2n) is 5.94. The molecule has 0 aliphatic carbocycles. The van der Waals surface area contributed by atoms with E-state index in [1.165, 1.54) is 22.0 Å². The third-order valence-electron chi connectivity index (χ3n) is 4.31. The van der Waals surface area contributed by atoms with Gasteiger partial charge in [-0.05, 0) is 32.4 Å². The summed E-state index contributed by atoms with van der Waals surface area (Å²) in [5.74, 6) is 0.952. The lowest BCUT2D eigenvalue weighted by molar-refractivity contribution is 0.507. The highest BCUT2D eigenvalue weighted by atomic mass is 32.2. The number of aromatic nitrogens is 2. The third-order valence-corrected chi connectivity index (χ3v) is 5.72. The van der Waals surface area contributed by atoms with Crippen LogP contribution in [0.4, 0.5) is 0 Å². The van der Waals surface area contributed by atoms with E-state index in [1.54, 1.807) is 13.2 Å². The van der Waals surface area contributed by atoms with Gasteiger partial charge >= 0.3 is 0 Å². The number of sulfonamides is 1. The Hall–Kier alpha value is -1.67. The first-order chi connectivity index (χ1) is 10.3. The largest absolute Gasteiger partial charge is 0.332 e. The van der Waals surface area contributed by atoms with Crippen molar-refractivity contribution in [1.29, 1.82) is 0 Å². The molecule has 1 fully saturated rings. The van der Waals surface area contributed by atoms with E-state index >= 15 is 0 Å². The monoisotopic (exact) mass is 323 g/mol. The number of rotatable bonds is 3. The zero-order chi connectivity index (χ0) is 16.1. The quantitative estimate of drug-likeness (QED) is 0.895. The Bertz CT molecular complexity index is 762. The van der Waals surface area contributed by atoms with Gasteiger partial charge in [-0.25, -0.2) is 13.1 Å². The normalized spacial score (nSPS) is 25.5. The fourth-order valence-electron chi connectivity index (χ4n) is 3.02. The van der Waals surface area contributed by atoms with E-state index in [9.17, 15) is 8.42 Å². The van der Waals surface area contributed by atoms with Crippen molar-refractivity contribution in [2.45, 2.75) is 44.3 Å². The molecule has 1 aromatic heterocycles. The van der Waals surface area contributed by atoms with Crippen molar-refractivity contribution in [3.63, 3.8) is 0 Å². The molecule has 0 spiro atoms. The van der Waals surface area contributed by atoms with Crippen LogP contribution in [0.5, 0.6) is 0 Å². The minimum atomic E-state index is -3.59.